The first-order valence-corrected chi connectivity index (χ1v) is 5.91. The van der Waals surface area contributed by atoms with Gasteiger partial charge in [0.1, 0.15) is 5.75 Å². The Bertz CT molecular complexity index is 448. The van der Waals surface area contributed by atoms with E-state index in [0.717, 1.165) is 0 Å². The van der Waals surface area contributed by atoms with E-state index in [1.54, 1.807) is 25.2 Å². The van der Waals surface area contributed by atoms with Crippen LogP contribution in [0.2, 0.25) is 0 Å². The minimum Gasteiger partial charge on any atom is -0.495 e. The maximum atomic E-state index is 11.9. The molecule has 2 N–H and O–H groups in total. The number of carbonyl (C=O) groups excluding carboxylic acids is 1. The number of para-hydroxylation sites is 2. The van der Waals surface area contributed by atoms with Crippen molar-refractivity contribution in [3.05, 3.63) is 24.3 Å². The highest BCUT2D eigenvalue weighted by Crippen LogP contribution is 2.23. The lowest BCUT2D eigenvalue weighted by atomic mass is 10.3. The van der Waals surface area contributed by atoms with Crippen molar-refractivity contribution in [1.29, 1.82) is 0 Å². The fourth-order valence-electron chi connectivity index (χ4n) is 1.53. The van der Waals surface area contributed by atoms with Gasteiger partial charge in [0.25, 0.3) is 0 Å². The van der Waals surface area contributed by atoms with Gasteiger partial charge in [0.15, 0.2) is 0 Å². The molecule has 0 aromatic heterocycles. The van der Waals surface area contributed by atoms with Crippen molar-refractivity contribution in [2.45, 2.75) is 12.8 Å². The van der Waals surface area contributed by atoms with Crippen LogP contribution >= 0.6 is 0 Å². The molecule has 0 heterocycles. The largest absolute Gasteiger partial charge is 0.495 e. The Kier molecular flexibility index (Phi) is 5.66. The number of anilines is 1. The zero-order valence-corrected chi connectivity index (χ0v) is 11.0. The van der Waals surface area contributed by atoms with E-state index in [-0.39, 0.29) is 12.5 Å². The molecule has 6 nitrogen and oxygen atoms in total. The Labute approximate surface area is 112 Å². The van der Waals surface area contributed by atoms with Crippen molar-refractivity contribution in [2.24, 2.45) is 0 Å². The molecule has 2 amide bonds. The molecule has 0 saturated heterocycles. The van der Waals surface area contributed by atoms with E-state index in [2.05, 4.69) is 5.32 Å². The number of hydrogen-bond donors (Lipinski definition) is 2. The summed E-state index contributed by atoms with van der Waals surface area (Å²) in [6.45, 7) is 0.382. The number of rotatable bonds is 6. The predicted octanol–water partition coefficient (Wildman–Crippen LogP) is 2.02. The molecule has 0 saturated carbocycles. The van der Waals surface area contributed by atoms with Gasteiger partial charge in [-0.1, -0.05) is 12.1 Å². The summed E-state index contributed by atoms with van der Waals surface area (Å²) in [5, 5.41) is 11.2. The molecule has 6 heteroatoms. The quantitative estimate of drug-likeness (QED) is 0.825. The first-order chi connectivity index (χ1) is 9.04. The summed E-state index contributed by atoms with van der Waals surface area (Å²) in [7, 11) is 3.15. The van der Waals surface area contributed by atoms with E-state index in [1.807, 2.05) is 6.07 Å². The van der Waals surface area contributed by atoms with Crippen molar-refractivity contribution in [3.63, 3.8) is 0 Å². The third-order valence-electron chi connectivity index (χ3n) is 2.58. The van der Waals surface area contributed by atoms with Crippen molar-refractivity contribution < 1.29 is 19.4 Å². The van der Waals surface area contributed by atoms with E-state index < -0.39 is 5.97 Å². The molecule has 1 rings (SSSR count). The summed E-state index contributed by atoms with van der Waals surface area (Å²) in [5.74, 6) is -0.284. The Morgan fingerprint density at radius 2 is 2.05 bits per heavy atom. The van der Waals surface area contributed by atoms with Crippen LogP contribution in [0.25, 0.3) is 0 Å². The maximum absolute atomic E-state index is 11.9. The normalized spacial score (nSPS) is 9.79. The van der Waals surface area contributed by atoms with Crippen molar-refractivity contribution in [1.82, 2.24) is 4.90 Å². The van der Waals surface area contributed by atoms with Gasteiger partial charge in [0, 0.05) is 20.0 Å². The van der Waals surface area contributed by atoms with Crippen LogP contribution in [0.1, 0.15) is 12.8 Å². The molecule has 1 aromatic carbocycles. The number of nitrogens with one attached hydrogen (secondary N) is 1. The van der Waals surface area contributed by atoms with Crippen LogP contribution in [0.15, 0.2) is 24.3 Å². The predicted molar refractivity (Wildman–Crippen MR) is 71.5 cm³/mol. The zero-order valence-electron chi connectivity index (χ0n) is 11.0. The van der Waals surface area contributed by atoms with Gasteiger partial charge in [0.05, 0.1) is 12.8 Å². The number of methoxy groups -OCH3 is 1. The summed E-state index contributed by atoms with van der Waals surface area (Å²) in [5.41, 5.74) is 0.583. The molecule has 0 aliphatic heterocycles. The van der Waals surface area contributed by atoms with E-state index in [1.165, 1.54) is 12.0 Å². The lowest BCUT2D eigenvalue weighted by Gasteiger charge is -2.18. The van der Waals surface area contributed by atoms with Gasteiger partial charge < -0.3 is 20.1 Å². The van der Waals surface area contributed by atoms with Gasteiger partial charge in [-0.25, -0.2) is 4.79 Å². The van der Waals surface area contributed by atoms with Gasteiger partial charge in [-0.05, 0) is 18.6 Å². The van der Waals surface area contributed by atoms with Crippen molar-refractivity contribution >= 4 is 17.7 Å². The second kappa shape index (κ2) is 7.25. The fourth-order valence-corrected chi connectivity index (χ4v) is 1.53. The zero-order chi connectivity index (χ0) is 14.3. The summed E-state index contributed by atoms with van der Waals surface area (Å²) in [6.07, 6.45) is 0.470. The highest BCUT2D eigenvalue weighted by atomic mass is 16.5. The molecule has 0 aliphatic rings. The number of ether oxygens (including phenoxy) is 1. The Hall–Kier alpha value is -2.24. The SMILES string of the molecule is COc1ccccc1NC(=O)N(C)CCCC(=O)O. The number of carbonyl (C=O) groups is 2. The molecule has 0 bridgehead atoms. The minimum absolute atomic E-state index is 0.0479. The monoisotopic (exact) mass is 266 g/mol. The molecule has 0 atom stereocenters. The van der Waals surface area contributed by atoms with E-state index in [4.69, 9.17) is 9.84 Å². The number of carboxylic acid groups (broad SMARTS) is 1. The van der Waals surface area contributed by atoms with Crippen LogP contribution in [0.5, 0.6) is 5.75 Å². The number of nitrogens with zero attached hydrogens (tertiary/aromatic N) is 1. The molecular weight excluding hydrogens is 248 g/mol. The Balaban J connectivity index is 2.51. The molecule has 19 heavy (non-hydrogen) atoms. The fraction of sp³-hybridized carbons (Fsp3) is 0.385. The minimum atomic E-state index is -0.862. The molecule has 0 unspecified atom stereocenters. The average molecular weight is 266 g/mol. The maximum Gasteiger partial charge on any atom is 0.321 e. The molecule has 104 valence electrons. The van der Waals surface area contributed by atoms with Crippen LogP contribution < -0.4 is 10.1 Å². The van der Waals surface area contributed by atoms with Crippen molar-refractivity contribution in [3.8, 4) is 5.75 Å². The van der Waals surface area contributed by atoms with Gasteiger partial charge in [0.2, 0.25) is 0 Å². The second-order valence-electron chi connectivity index (χ2n) is 4.05. The highest BCUT2D eigenvalue weighted by molar-refractivity contribution is 5.90. The van der Waals surface area contributed by atoms with Gasteiger partial charge in [-0.15, -0.1) is 0 Å². The summed E-state index contributed by atoms with van der Waals surface area (Å²) < 4.78 is 5.13. The molecule has 0 fully saturated rings. The van der Waals surface area contributed by atoms with Crippen molar-refractivity contribution in [2.75, 3.05) is 26.0 Å². The van der Waals surface area contributed by atoms with Gasteiger partial charge in [-0.2, -0.15) is 0 Å². The third-order valence-corrected chi connectivity index (χ3v) is 2.58. The third kappa shape index (κ3) is 4.87. The second-order valence-corrected chi connectivity index (χ2v) is 4.05. The van der Waals surface area contributed by atoms with Gasteiger partial charge >= 0.3 is 12.0 Å². The standard InChI is InChI=1S/C13H18N2O4/c1-15(9-5-8-12(16)17)13(18)14-10-6-3-4-7-11(10)19-2/h3-4,6-7H,5,8-9H2,1-2H3,(H,14,18)(H,16,17). The lowest BCUT2D eigenvalue weighted by Crippen LogP contribution is -2.32. The highest BCUT2D eigenvalue weighted by Gasteiger charge is 2.11. The van der Waals surface area contributed by atoms with Crippen LogP contribution in [0, 0.1) is 0 Å². The molecule has 1 aromatic rings. The van der Waals surface area contributed by atoms with E-state index >= 15 is 0 Å². The summed E-state index contributed by atoms with van der Waals surface area (Å²) >= 11 is 0. The van der Waals surface area contributed by atoms with E-state index in [9.17, 15) is 9.59 Å². The number of amides is 2. The topological polar surface area (TPSA) is 78.9 Å². The first-order valence-electron chi connectivity index (χ1n) is 5.91. The lowest BCUT2D eigenvalue weighted by molar-refractivity contribution is -0.137. The number of urea groups is 1. The molecular formula is C13H18N2O4. The van der Waals surface area contributed by atoms with Crippen LogP contribution in [-0.2, 0) is 4.79 Å². The number of benzene rings is 1. The number of carboxylic acids is 1. The molecule has 0 aliphatic carbocycles. The Morgan fingerprint density at radius 1 is 1.37 bits per heavy atom. The van der Waals surface area contributed by atoms with Gasteiger partial charge in [-0.3, -0.25) is 4.79 Å². The molecule has 0 radical (unpaired) electrons. The smallest absolute Gasteiger partial charge is 0.321 e. The Morgan fingerprint density at radius 3 is 2.68 bits per heavy atom. The summed E-state index contributed by atoms with van der Waals surface area (Å²) in [4.78, 5) is 23.7. The summed E-state index contributed by atoms with van der Waals surface area (Å²) in [6, 6.07) is 6.80. The number of aliphatic carboxylic acids is 1. The number of hydrogen-bond acceptors (Lipinski definition) is 3. The van der Waals surface area contributed by atoms with Crippen LogP contribution in [-0.4, -0.2) is 42.7 Å². The van der Waals surface area contributed by atoms with E-state index in [0.29, 0.717) is 24.4 Å². The van der Waals surface area contributed by atoms with Crippen LogP contribution in [0.4, 0.5) is 10.5 Å². The first kappa shape index (κ1) is 14.8. The average Bonchev–Trinajstić information content (AvgIpc) is 2.38. The van der Waals surface area contributed by atoms with Crippen LogP contribution in [0.3, 0.4) is 0 Å². The molecule has 0 spiro atoms.